The number of halogens is 3. The van der Waals surface area contributed by atoms with Gasteiger partial charge in [0.15, 0.2) is 11.6 Å². The molecule has 0 fully saturated rings. The second kappa shape index (κ2) is 6.04. The highest BCUT2D eigenvalue weighted by molar-refractivity contribution is 6.32. The molecular formula is C15H8Cl2FNO. The molecule has 20 heavy (non-hydrogen) atoms. The molecule has 2 rings (SSSR count). The van der Waals surface area contributed by atoms with Gasteiger partial charge in [0.1, 0.15) is 5.92 Å². The average molecular weight is 308 g/mol. The summed E-state index contributed by atoms with van der Waals surface area (Å²) in [5.74, 6) is -2.66. The van der Waals surface area contributed by atoms with Crippen LogP contribution in [0.15, 0.2) is 42.5 Å². The molecule has 0 saturated heterocycles. The molecule has 0 aromatic heterocycles. The average Bonchev–Trinajstić information content (AvgIpc) is 2.44. The minimum Gasteiger partial charge on any atom is -0.292 e. The van der Waals surface area contributed by atoms with E-state index in [-0.39, 0.29) is 15.6 Å². The molecule has 2 nitrogen and oxygen atoms in total. The molecule has 0 bridgehead atoms. The lowest BCUT2D eigenvalue weighted by Crippen LogP contribution is -2.13. The number of hydrogen-bond acceptors (Lipinski definition) is 2. The van der Waals surface area contributed by atoms with E-state index in [1.807, 2.05) is 6.07 Å². The molecule has 0 aliphatic carbocycles. The van der Waals surface area contributed by atoms with Crippen LogP contribution in [0.4, 0.5) is 4.39 Å². The largest absolute Gasteiger partial charge is 0.292 e. The van der Waals surface area contributed by atoms with E-state index in [1.165, 1.54) is 18.2 Å². The molecule has 0 aliphatic rings. The van der Waals surface area contributed by atoms with Crippen molar-refractivity contribution in [1.29, 1.82) is 5.26 Å². The second-order valence-corrected chi connectivity index (χ2v) is 4.86. The quantitative estimate of drug-likeness (QED) is 0.776. The Kier molecular flexibility index (Phi) is 4.39. The summed E-state index contributed by atoms with van der Waals surface area (Å²) in [6.07, 6.45) is 0. The number of carbonyl (C=O) groups is 1. The fraction of sp³-hybridized carbons (Fsp3) is 0.0667. The normalized spacial score (nSPS) is 11.7. The van der Waals surface area contributed by atoms with Crippen LogP contribution in [0.1, 0.15) is 21.8 Å². The Morgan fingerprint density at radius 2 is 1.75 bits per heavy atom. The van der Waals surface area contributed by atoms with Gasteiger partial charge in [0.05, 0.1) is 16.7 Å². The first kappa shape index (κ1) is 14.5. The van der Waals surface area contributed by atoms with Gasteiger partial charge in [0, 0.05) is 5.02 Å². The van der Waals surface area contributed by atoms with Crippen molar-refractivity contribution < 1.29 is 9.18 Å². The third-order valence-corrected chi connectivity index (χ3v) is 3.46. The number of rotatable bonds is 3. The SMILES string of the molecule is N#CC(C(=O)c1cccc(Cl)c1F)c1ccccc1Cl. The predicted molar refractivity (Wildman–Crippen MR) is 75.5 cm³/mol. The predicted octanol–water partition coefficient (Wildman–Crippen LogP) is 4.62. The van der Waals surface area contributed by atoms with Crippen molar-refractivity contribution in [3.8, 4) is 6.07 Å². The summed E-state index contributed by atoms with van der Waals surface area (Å²) in [5.41, 5.74) is 0.130. The number of Topliss-reactive ketones (excluding diaryl/α,β-unsaturated/α-hetero) is 1. The molecule has 2 aromatic rings. The lowest BCUT2D eigenvalue weighted by Gasteiger charge is -2.11. The minimum atomic E-state index is -1.17. The number of benzene rings is 2. The Labute approximate surface area is 125 Å². The first-order chi connectivity index (χ1) is 9.56. The van der Waals surface area contributed by atoms with E-state index in [1.54, 1.807) is 24.3 Å². The van der Waals surface area contributed by atoms with E-state index in [2.05, 4.69) is 0 Å². The standard InChI is InChI=1S/C15H8Cl2FNO/c16-12-6-2-1-4-9(12)11(8-19)15(20)10-5-3-7-13(17)14(10)18/h1-7,11H. The highest BCUT2D eigenvalue weighted by atomic mass is 35.5. The second-order valence-electron chi connectivity index (χ2n) is 4.05. The number of hydrogen-bond donors (Lipinski definition) is 0. The van der Waals surface area contributed by atoms with E-state index < -0.39 is 17.5 Å². The van der Waals surface area contributed by atoms with Crippen LogP contribution < -0.4 is 0 Å². The first-order valence-corrected chi connectivity index (χ1v) is 6.44. The van der Waals surface area contributed by atoms with Crippen molar-refractivity contribution >= 4 is 29.0 Å². The molecule has 0 spiro atoms. The molecular weight excluding hydrogens is 300 g/mol. The number of carbonyl (C=O) groups excluding carboxylic acids is 1. The minimum absolute atomic E-state index is 0.160. The lowest BCUT2D eigenvalue weighted by molar-refractivity contribution is 0.0975. The highest BCUT2D eigenvalue weighted by Crippen LogP contribution is 2.29. The van der Waals surface area contributed by atoms with Crippen molar-refractivity contribution in [2.24, 2.45) is 0 Å². The summed E-state index contributed by atoms with van der Waals surface area (Å²) in [5, 5.41) is 9.34. The van der Waals surface area contributed by atoms with Crippen LogP contribution in [-0.2, 0) is 0 Å². The summed E-state index contributed by atoms with van der Waals surface area (Å²) in [7, 11) is 0. The maximum Gasteiger partial charge on any atom is 0.187 e. The van der Waals surface area contributed by atoms with Gasteiger partial charge in [0.25, 0.3) is 0 Å². The van der Waals surface area contributed by atoms with Crippen LogP contribution >= 0.6 is 23.2 Å². The van der Waals surface area contributed by atoms with Crippen molar-refractivity contribution in [3.63, 3.8) is 0 Å². The highest BCUT2D eigenvalue weighted by Gasteiger charge is 2.26. The summed E-state index contributed by atoms with van der Waals surface area (Å²) >= 11 is 11.6. The van der Waals surface area contributed by atoms with Crippen molar-refractivity contribution in [1.82, 2.24) is 0 Å². The molecule has 0 N–H and O–H groups in total. The number of nitrogens with zero attached hydrogens (tertiary/aromatic N) is 1. The number of nitriles is 1. The molecule has 0 aliphatic heterocycles. The van der Waals surface area contributed by atoms with Crippen LogP contribution in [0, 0.1) is 17.1 Å². The molecule has 1 unspecified atom stereocenters. The molecule has 0 radical (unpaired) electrons. The van der Waals surface area contributed by atoms with Crippen LogP contribution in [0.3, 0.4) is 0 Å². The van der Waals surface area contributed by atoms with Gasteiger partial charge in [-0.05, 0) is 23.8 Å². The van der Waals surface area contributed by atoms with Crippen molar-refractivity contribution in [2.75, 3.05) is 0 Å². The van der Waals surface area contributed by atoms with Gasteiger partial charge in [-0.2, -0.15) is 5.26 Å². The summed E-state index contributed by atoms with van der Waals surface area (Å²) < 4.78 is 13.9. The smallest absolute Gasteiger partial charge is 0.187 e. The Balaban J connectivity index is 2.49. The van der Waals surface area contributed by atoms with Gasteiger partial charge in [-0.3, -0.25) is 4.79 Å². The van der Waals surface area contributed by atoms with Crippen LogP contribution in [0.25, 0.3) is 0 Å². The molecule has 0 amide bonds. The third-order valence-electron chi connectivity index (χ3n) is 2.82. The van der Waals surface area contributed by atoms with Gasteiger partial charge in [-0.25, -0.2) is 4.39 Å². The third kappa shape index (κ3) is 2.67. The molecule has 1 atom stereocenters. The number of ketones is 1. The summed E-state index contributed by atoms with van der Waals surface area (Å²) in [4.78, 5) is 12.3. The molecule has 100 valence electrons. The zero-order valence-electron chi connectivity index (χ0n) is 10.1. The van der Waals surface area contributed by atoms with E-state index in [9.17, 15) is 14.4 Å². The van der Waals surface area contributed by atoms with E-state index in [0.29, 0.717) is 5.56 Å². The van der Waals surface area contributed by atoms with Gasteiger partial charge in [0.2, 0.25) is 0 Å². The summed E-state index contributed by atoms with van der Waals surface area (Å²) in [6, 6.07) is 12.4. The zero-order chi connectivity index (χ0) is 14.7. The van der Waals surface area contributed by atoms with Gasteiger partial charge < -0.3 is 0 Å². The van der Waals surface area contributed by atoms with Crippen LogP contribution in [0.5, 0.6) is 0 Å². The van der Waals surface area contributed by atoms with Gasteiger partial charge >= 0.3 is 0 Å². The van der Waals surface area contributed by atoms with Gasteiger partial charge in [-0.1, -0.05) is 47.5 Å². The Bertz CT molecular complexity index is 709. The monoisotopic (exact) mass is 307 g/mol. The van der Waals surface area contributed by atoms with Crippen LogP contribution in [0.2, 0.25) is 10.0 Å². The van der Waals surface area contributed by atoms with Gasteiger partial charge in [-0.15, -0.1) is 0 Å². The maximum atomic E-state index is 13.9. The van der Waals surface area contributed by atoms with E-state index in [4.69, 9.17) is 23.2 Å². The first-order valence-electron chi connectivity index (χ1n) is 5.68. The summed E-state index contributed by atoms with van der Waals surface area (Å²) in [6.45, 7) is 0. The van der Waals surface area contributed by atoms with Crippen molar-refractivity contribution in [3.05, 3.63) is 69.5 Å². The molecule has 0 saturated carbocycles. The fourth-order valence-electron chi connectivity index (χ4n) is 1.83. The Morgan fingerprint density at radius 3 is 2.40 bits per heavy atom. The molecule has 0 heterocycles. The molecule has 2 aromatic carbocycles. The van der Waals surface area contributed by atoms with E-state index in [0.717, 1.165) is 0 Å². The Morgan fingerprint density at radius 1 is 1.10 bits per heavy atom. The topological polar surface area (TPSA) is 40.9 Å². The zero-order valence-corrected chi connectivity index (χ0v) is 11.6. The fourth-order valence-corrected chi connectivity index (χ4v) is 2.25. The molecule has 5 heteroatoms. The van der Waals surface area contributed by atoms with Crippen LogP contribution in [-0.4, -0.2) is 5.78 Å². The lowest BCUT2D eigenvalue weighted by atomic mass is 9.91. The van der Waals surface area contributed by atoms with Crippen molar-refractivity contribution in [2.45, 2.75) is 5.92 Å². The Hall–Kier alpha value is -1.89. The maximum absolute atomic E-state index is 13.9. The van der Waals surface area contributed by atoms with E-state index >= 15 is 0 Å².